The molecule has 1 N–H and O–H groups in total. The lowest BCUT2D eigenvalue weighted by atomic mass is 9.84. The third-order valence-corrected chi connectivity index (χ3v) is 8.31. The second-order valence-electron chi connectivity index (χ2n) is 12.7. The van der Waals surface area contributed by atoms with Crippen molar-refractivity contribution in [1.29, 1.82) is 0 Å². The summed E-state index contributed by atoms with van der Waals surface area (Å²) < 4.78 is 17.3. The molecule has 7 heteroatoms. The van der Waals surface area contributed by atoms with Crippen LogP contribution in [0.1, 0.15) is 84.9 Å². The fraction of sp³-hybridized carbons (Fsp3) is 0.472. The van der Waals surface area contributed by atoms with Crippen molar-refractivity contribution < 1.29 is 19.1 Å². The van der Waals surface area contributed by atoms with E-state index in [0.717, 1.165) is 46.3 Å². The van der Waals surface area contributed by atoms with E-state index in [4.69, 9.17) is 0 Å². The average Bonchev–Trinajstić information content (AvgIpc) is 2.90. The maximum absolute atomic E-state index is 15.8. The number of rotatable bonds is 14. The lowest BCUT2D eigenvalue weighted by Gasteiger charge is -2.25. The van der Waals surface area contributed by atoms with Crippen molar-refractivity contribution in [3.05, 3.63) is 92.1 Å². The van der Waals surface area contributed by atoms with Crippen LogP contribution in [0.4, 0.5) is 4.39 Å². The third-order valence-electron chi connectivity index (χ3n) is 8.31. The number of aliphatic carboxylic acids is 1. The van der Waals surface area contributed by atoms with Crippen LogP contribution in [0.25, 0.3) is 11.1 Å². The Morgan fingerprint density at radius 1 is 0.930 bits per heavy atom. The molecule has 0 amide bonds. The van der Waals surface area contributed by atoms with Gasteiger partial charge in [0, 0.05) is 31.1 Å². The van der Waals surface area contributed by atoms with E-state index in [2.05, 4.69) is 18.7 Å². The van der Waals surface area contributed by atoms with Crippen LogP contribution in [0.5, 0.6) is 0 Å². The monoisotopic (exact) mass is 590 g/mol. The van der Waals surface area contributed by atoms with Crippen molar-refractivity contribution in [3.63, 3.8) is 0 Å². The predicted octanol–water partition coefficient (Wildman–Crippen LogP) is 7.19. The number of Topliss-reactive ketones (excluding diaryl/α,β-unsaturated/α-hetero) is 1. The highest BCUT2D eigenvalue weighted by Crippen LogP contribution is 2.36. The van der Waals surface area contributed by atoms with Gasteiger partial charge < -0.3 is 14.6 Å². The number of pyridine rings is 1. The zero-order chi connectivity index (χ0) is 32.0. The fourth-order valence-electron chi connectivity index (χ4n) is 5.87. The molecule has 0 spiro atoms. The minimum atomic E-state index is -1.11. The van der Waals surface area contributed by atoms with Gasteiger partial charge in [-0.3, -0.25) is 14.4 Å². The lowest BCUT2D eigenvalue weighted by molar-refractivity contribution is -0.137. The van der Waals surface area contributed by atoms with E-state index < -0.39 is 30.2 Å². The number of benzene rings is 2. The molecule has 1 heterocycles. The Morgan fingerprint density at radius 3 is 2.16 bits per heavy atom. The first-order chi connectivity index (χ1) is 20.2. The van der Waals surface area contributed by atoms with Gasteiger partial charge in [0.1, 0.15) is 5.82 Å². The summed E-state index contributed by atoms with van der Waals surface area (Å²) in [6, 6.07) is 10.2. The smallest absolute Gasteiger partial charge is 0.303 e. The quantitative estimate of drug-likeness (QED) is 0.215. The molecule has 6 nitrogen and oxygen atoms in total. The number of carboxylic acid groups (broad SMARTS) is 1. The molecule has 1 aromatic heterocycles. The Kier molecular flexibility index (Phi) is 11.6. The number of aromatic nitrogens is 1. The van der Waals surface area contributed by atoms with E-state index in [1.165, 1.54) is 4.57 Å². The van der Waals surface area contributed by atoms with Gasteiger partial charge in [-0.2, -0.15) is 0 Å². The van der Waals surface area contributed by atoms with Gasteiger partial charge in [0.25, 0.3) is 5.56 Å². The van der Waals surface area contributed by atoms with Gasteiger partial charge in [0.05, 0.1) is 12.5 Å². The van der Waals surface area contributed by atoms with Gasteiger partial charge in [-0.05, 0) is 124 Å². The summed E-state index contributed by atoms with van der Waals surface area (Å²) in [5, 5.41) is 9.85. The Bertz CT molecular complexity index is 1500. The van der Waals surface area contributed by atoms with Gasteiger partial charge in [-0.25, -0.2) is 4.39 Å². The van der Waals surface area contributed by atoms with Crippen LogP contribution in [0.3, 0.4) is 0 Å². The number of carbonyl (C=O) groups is 2. The zero-order valence-corrected chi connectivity index (χ0v) is 27.0. The molecule has 232 valence electrons. The molecule has 0 aliphatic rings. The largest absolute Gasteiger partial charge is 0.481 e. The number of aryl methyl sites for hydroxylation is 4. The molecular weight excluding hydrogens is 543 g/mol. The Balaban J connectivity index is 2.09. The van der Waals surface area contributed by atoms with E-state index in [0.29, 0.717) is 24.3 Å². The lowest BCUT2D eigenvalue weighted by Crippen LogP contribution is -2.32. The van der Waals surface area contributed by atoms with Crippen molar-refractivity contribution in [2.45, 2.75) is 85.6 Å². The van der Waals surface area contributed by atoms with Crippen LogP contribution in [0, 0.1) is 39.4 Å². The zero-order valence-electron chi connectivity index (χ0n) is 27.0. The molecule has 0 radical (unpaired) electrons. The van der Waals surface area contributed by atoms with E-state index in [-0.39, 0.29) is 23.3 Å². The Labute approximate surface area is 255 Å². The summed E-state index contributed by atoms with van der Waals surface area (Å²) in [5.74, 6) is -2.45. The maximum Gasteiger partial charge on any atom is 0.303 e. The summed E-state index contributed by atoms with van der Waals surface area (Å²) in [6.45, 7) is 12.5. The SMILES string of the molecule is Cc1cc(=O)n(C(CCC(C)C)C(=O)C[C@@H](CC(=O)O)c2cc(-c3c(C)cccc3C)cc(C)c2F)cc1CCN(C)C. The van der Waals surface area contributed by atoms with Crippen LogP contribution in [-0.4, -0.2) is 47.0 Å². The molecule has 0 fully saturated rings. The molecule has 0 bridgehead atoms. The van der Waals surface area contributed by atoms with Gasteiger partial charge in [-0.1, -0.05) is 32.0 Å². The summed E-state index contributed by atoms with van der Waals surface area (Å²) in [4.78, 5) is 41.5. The van der Waals surface area contributed by atoms with Gasteiger partial charge >= 0.3 is 5.97 Å². The molecule has 0 saturated heterocycles. The molecule has 43 heavy (non-hydrogen) atoms. The van der Waals surface area contributed by atoms with Crippen LogP contribution in [0.15, 0.2) is 47.4 Å². The normalized spacial score (nSPS) is 13.0. The topological polar surface area (TPSA) is 79.6 Å². The van der Waals surface area contributed by atoms with Crippen LogP contribution in [-0.2, 0) is 16.0 Å². The van der Waals surface area contributed by atoms with Gasteiger partial charge in [0.15, 0.2) is 5.78 Å². The average molecular weight is 591 g/mol. The first-order valence-electron chi connectivity index (χ1n) is 15.2. The number of hydrogen-bond acceptors (Lipinski definition) is 4. The molecule has 0 aliphatic carbocycles. The van der Waals surface area contributed by atoms with E-state index in [9.17, 15) is 19.5 Å². The van der Waals surface area contributed by atoms with Gasteiger partial charge in [0.2, 0.25) is 0 Å². The maximum atomic E-state index is 15.8. The second-order valence-corrected chi connectivity index (χ2v) is 12.7. The summed E-state index contributed by atoms with van der Waals surface area (Å²) in [5.41, 5.74) is 6.04. The summed E-state index contributed by atoms with van der Waals surface area (Å²) in [7, 11) is 3.97. The van der Waals surface area contributed by atoms with E-state index >= 15 is 4.39 Å². The van der Waals surface area contributed by atoms with Crippen molar-refractivity contribution in [2.24, 2.45) is 5.92 Å². The fourth-order valence-corrected chi connectivity index (χ4v) is 5.87. The highest BCUT2D eigenvalue weighted by molar-refractivity contribution is 5.84. The standard InChI is InChI=1S/C36H47FN2O4/c1-22(2)12-13-31(39-21-27(14-15-38(7)8)25(5)17-33(39)41)32(40)19-28(20-34(42)43)30-18-29(16-26(6)36(30)37)35-23(3)10-9-11-24(35)4/h9-11,16-18,21-22,28,31H,12-15,19-20H2,1-8H3,(H,42,43)/t28-,31?/m0/s1. The Morgan fingerprint density at radius 2 is 1.58 bits per heavy atom. The first-order valence-corrected chi connectivity index (χ1v) is 15.2. The van der Waals surface area contributed by atoms with Gasteiger partial charge in [-0.15, -0.1) is 0 Å². The molecule has 3 aromatic rings. The molecule has 0 aliphatic heterocycles. The molecule has 0 saturated carbocycles. The molecule has 2 atom stereocenters. The van der Waals surface area contributed by atoms with Crippen LogP contribution in [0.2, 0.25) is 0 Å². The number of halogens is 1. The van der Waals surface area contributed by atoms with Crippen molar-refractivity contribution >= 4 is 11.8 Å². The summed E-state index contributed by atoms with van der Waals surface area (Å²) >= 11 is 0. The van der Waals surface area contributed by atoms with Crippen molar-refractivity contribution in [1.82, 2.24) is 9.47 Å². The number of hydrogen-bond donors (Lipinski definition) is 1. The number of carboxylic acids is 1. The minimum Gasteiger partial charge on any atom is -0.481 e. The minimum absolute atomic E-state index is 0.186. The first kappa shape index (κ1) is 33.9. The van der Waals surface area contributed by atoms with Crippen molar-refractivity contribution in [3.8, 4) is 11.1 Å². The van der Waals surface area contributed by atoms with Crippen molar-refractivity contribution in [2.75, 3.05) is 20.6 Å². The number of carbonyl (C=O) groups excluding carboxylic acids is 1. The highest BCUT2D eigenvalue weighted by Gasteiger charge is 2.29. The van der Waals surface area contributed by atoms with E-state index in [1.54, 1.807) is 31.3 Å². The molecule has 3 rings (SSSR count). The molecule has 2 aromatic carbocycles. The Hall–Kier alpha value is -3.58. The second kappa shape index (κ2) is 14.7. The summed E-state index contributed by atoms with van der Waals surface area (Å²) in [6.07, 6.45) is 3.09. The third kappa shape index (κ3) is 8.73. The number of ketones is 1. The predicted molar refractivity (Wildman–Crippen MR) is 171 cm³/mol. The van der Waals surface area contributed by atoms with Crippen LogP contribution < -0.4 is 5.56 Å². The molecular formula is C36H47FN2O4. The molecule has 1 unspecified atom stereocenters. The number of nitrogens with zero attached hydrogens (tertiary/aromatic N) is 2. The van der Waals surface area contributed by atoms with Crippen LogP contribution >= 0.6 is 0 Å². The highest BCUT2D eigenvalue weighted by atomic mass is 19.1. The number of likely N-dealkylation sites (N-methyl/N-ethyl adjacent to an activating group) is 1. The van der Waals surface area contributed by atoms with E-state index in [1.807, 2.05) is 53.1 Å².